The summed E-state index contributed by atoms with van der Waals surface area (Å²) >= 11 is 5.88. The van der Waals surface area contributed by atoms with E-state index in [0.29, 0.717) is 17.4 Å². The second kappa shape index (κ2) is 7.05. The Bertz CT molecular complexity index is 868. The molecule has 0 aliphatic heterocycles. The Morgan fingerprint density at radius 2 is 1.96 bits per heavy atom. The van der Waals surface area contributed by atoms with Crippen LogP contribution in [0.3, 0.4) is 0 Å². The van der Waals surface area contributed by atoms with Crippen molar-refractivity contribution in [3.05, 3.63) is 58.6 Å². The minimum atomic E-state index is -0.0809. The molecule has 1 heterocycles. The molecule has 4 nitrogen and oxygen atoms in total. The summed E-state index contributed by atoms with van der Waals surface area (Å²) in [6.45, 7) is 5.00. The fraction of sp³-hybridized carbons (Fsp3) is 0.263. The van der Waals surface area contributed by atoms with Crippen molar-refractivity contribution >= 4 is 34.5 Å². The molecule has 2 aromatic carbocycles. The van der Waals surface area contributed by atoms with Crippen LogP contribution in [0.4, 0.5) is 5.95 Å². The minimum Gasteiger partial charge on any atom is -0.310 e. The number of anilines is 1. The van der Waals surface area contributed by atoms with Gasteiger partial charge >= 0.3 is 0 Å². The van der Waals surface area contributed by atoms with Gasteiger partial charge in [-0.3, -0.25) is 10.1 Å². The molecular formula is C19H20ClN3O. The number of halogens is 1. The number of benzene rings is 2. The third-order valence-electron chi connectivity index (χ3n) is 3.94. The number of nitrogens with zero attached hydrogens (tertiary/aromatic N) is 2. The normalized spacial score (nSPS) is 11.0. The van der Waals surface area contributed by atoms with Crippen LogP contribution in [-0.2, 0) is 17.8 Å². The maximum absolute atomic E-state index is 12.4. The zero-order valence-corrected chi connectivity index (χ0v) is 14.6. The molecule has 5 heteroatoms. The molecule has 1 aromatic heterocycles. The molecule has 3 rings (SSSR count). The van der Waals surface area contributed by atoms with E-state index in [-0.39, 0.29) is 5.91 Å². The van der Waals surface area contributed by atoms with Crippen molar-refractivity contribution in [3.63, 3.8) is 0 Å². The van der Waals surface area contributed by atoms with E-state index in [1.54, 1.807) is 12.1 Å². The molecule has 124 valence electrons. The minimum absolute atomic E-state index is 0.0809. The molecule has 0 aliphatic carbocycles. The van der Waals surface area contributed by atoms with Crippen LogP contribution in [0.5, 0.6) is 0 Å². The van der Waals surface area contributed by atoms with Crippen molar-refractivity contribution in [2.75, 3.05) is 5.32 Å². The van der Waals surface area contributed by atoms with Gasteiger partial charge in [0, 0.05) is 11.6 Å². The Morgan fingerprint density at radius 1 is 1.21 bits per heavy atom. The Balaban J connectivity index is 1.86. The molecule has 24 heavy (non-hydrogen) atoms. The van der Waals surface area contributed by atoms with Crippen molar-refractivity contribution in [1.29, 1.82) is 0 Å². The predicted octanol–water partition coefficient (Wildman–Crippen LogP) is 4.59. The molecule has 0 saturated heterocycles. The number of nitrogens with one attached hydrogen (secondary N) is 1. The van der Waals surface area contributed by atoms with Crippen molar-refractivity contribution < 1.29 is 4.79 Å². The van der Waals surface area contributed by atoms with Crippen LogP contribution in [0.15, 0.2) is 42.5 Å². The second-order valence-corrected chi connectivity index (χ2v) is 6.32. The lowest BCUT2D eigenvalue weighted by atomic mass is 10.1. The predicted molar refractivity (Wildman–Crippen MR) is 98.5 cm³/mol. The summed E-state index contributed by atoms with van der Waals surface area (Å²) in [6, 6.07) is 13.3. The standard InChI is InChI=1S/C19H20ClN3O/c1-3-11-23-18-13(2)5-4-6-16(18)21-19(23)22-17(24)12-14-7-9-15(20)10-8-14/h4-10H,3,11-12H2,1-2H3,(H,21,22,24). The highest BCUT2D eigenvalue weighted by Crippen LogP contribution is 2.23. The topological polar surface area (TPSA) is 46.9 Å². The van der Waals surface area contributed by atoms with Gasteiger partial charge in [-0.1, -0.05) is 42.8 Å². The van der Waals surface area contributed by atoms with Gasteiger partial charge in [0.2, 0.25) is 11.9 Å². The maximum atomic E-state index is 12.4. The van der Waals surface area contributed by atoms with Crippen LogP contribution in [0, 0.1) is 6.92 Å². The third-order valence-corrected chi connectivity index (χ3v) is 4.20. The monoisotopic (exact) mass is 341 g/mol. The Morgan fingerprint density at radius 3 is 2.67 bits per heavy atom. The van der Waals surface area contributed by atoms with Gasteiger partial charge < -0.3 is 4.57 Å². The number of amides is 1. The first-order valence-corrected chi connectivity index (χ1v) is 8.46. The molecule has 3 aromatic rings. The summed E-state index contributed by atoms with van der Waals surface area (Å²) < 4.78 is 2.09. The quantitative estimate of drug-likeness (QED) is 0.737. The first-order chi connectivity index (χ1) is 11.6. The summed E-state index contributed by atoms with van der Waals surface area (Å²) in [5, 5.41) is 3.62. The molecule has 1 N–H and O–H groups in total. The van der Waals surface area contributed by atoms with Crippen LogP contribution in [0.2, 0.25) is 5.02 Å². The van der Waals surface area contributed by atoms with E-state index in [1.165, 1.54) is 0 Å². The van der Waals surface area contributed by atoms with E-state index in [1.807, 2.05) is 24.3 Å². The fourth-order valence-electron chi connectivity index (χ4n) is 2.86. The molecule has 0 fully saturated rings. The highest BCUT2D eigenvalue weighted by molar-refractivity contribution is 6.30. The largest absolute Gasteiger partial charge is 0.310 e. The van der Waals surface area contributed by atoms with E-state index in [4.69, 9.17) is 11.6 Å². The van der Waals surface area contributed by atoms with Gasteiger partial charge in [0.25, 0.3) is 0 Å². The van der Waals surface area contributed by atoms with Crippen LogP contribution < -0.4 is 5.32 Å². The fourth-order valence-corrected chi connectivity index (χ4v) is 2.98. The first kappa shape index (κ1) is 16.5. The number of para-hydroxylation sites is 1. The average Bonchev–Trinajstić information content (AvgIpc) is 2.89. The Hall–Kier alpha value is -2.33. The van der Waals surface area contributed by atoms with E-state index in [2.05, 4.69) is 34.8 Å². The Labute approximate surface area is 146 Å². The number of hydrogen-bond acceptors (Lipinski definition) is 2. The number of fused-ring (bicyclic) bond motifs is 1. The van der Waals surface area contributed by atoms with Crippen LogP contribution in [-0.4, -0.2) is 15.5 Å². The summed E-state index contributed by atoms with van der Waals surface area (Å²) in [4.78, 5) is 17.0. The van der Waals surface area contributed by atoms with Gasteiger partial charge in [-0.25, -0.2) is 4.98 Å². The smallest absolute Gasteiger partial charge is 0.231 e. The molecular weight excluding hydrogens is 322 g/mol. The Kier molecular flexibility index (Phi) is 4.86. The van der Waals surface area contributed by atoms with Crippen LogP contribution in [0.25, 0.3) is 11.0 Å². The van der Waals surface area contributed by atoms with Gasteiger partial charge in [-0.2, -0.15) is 0 Å². The first-order valence-electron chi connectivity index (χ1n) is 8.08. The number of imidazole rings is 1. The second-order valence-electron chi connectivity index (χ2n) is 5.88. The average molecular weight is 342 g/mol. The number of carbonyl (C=O) groups excluding carboxylic acids is 1. The molecule has 0 unspecified atom stereocenters. The van der Waals surface area contributed by atoms with Crippen LogP contribution >= 0.6 is 11.6 Å². The van der Waals surface area contributed by atoms with Gasteiger partial charge in [0.05, 0.1) is 17.5 Å². The summed E-state index contributed by atoms with van der Waals surface area (Å²) in [5.74, 6) is 0.530. The van der Waals surface area contributed by atoms with Crippen molar-refractivity contribution in [1.82, 2.24) is 9.55 Å². The molecule has 0 atom stereocenters. The lowest BCUT2D eigenvalue weighted by molar-refractivity contribution is -0.115. The van der Waals surface area contributed by atoms with Gasteiger partial charge in [-0.05, 0) is 42.7 Å². The molecule has 0 saturated carbocycles. The molecule has 1 amide bonds. The lowest BCUT2D eigenvalue weighted by Gasteiger charge is -2.10. The summed E-state index contributed by atoms with van der Waals surface area (Å²) in [7, 11) is 0. The molecule has 0 radical (unpaired) electrons. The SMILES string of the molecule is CCCn1c(NC(=O)Cc2ccc(Cl)cc2)nc2cccc(C)c21. The maximum Gasteiger partial charge on any atom is 0.231 e. The van der Waals surface area contributed by atoms with Gasteiger partial charge in [-0.15, -0.1) is 0 Å². The van der Waals surface area contributed by atoms with Crippen molar-refractivity contribution in [2.24, 2.45) is 0 Å². The molecule has 0 spiro atoms. The third kappa shape index (κ3) is 3.44. The summed E-state index contributed by atoms with van der Waals surface area (Å²) in [6.07, 6.45) is 1.27. The number of carbonyl (C=O) groups is 1. The molecule has 0 bridgehead atoms. The zero-order chi connectivity index (χ0) is 17.1. The van der Waals surface area contributed by atoms with Gasteiger partial charge in [0.15, 0.2) is 0 Å². The lowest BCUT2D eigenvalue weighted by Crippen LogP contribution is -2.18. The van der Waals surface area contributed by atoms with Crippen LogP contribution in [0.1, 0.15) is 24.5 Å². The van der Waals surface area contributed by atoms with Crippen molar-refractivity contribution in [3.8, 4) is 0 Å². The number of rotatable bonds is 5. The van der Waals surface area contributed by atoms with E-state index in [0.717, 1.165) is 35.1 Å². The van der Waals surface area contributed by atoms with Gasteiger partial charge in [0.1, 0.15) is 0 Å². The van der Waals surface area contributed by atoms with E-state index < -0.39 is 0 Å². The number of hydrogen-bond donors (Lipinski definition) is 1. The van der Waals surface area contributed by atoms with Crippen molar-refractivity contribution in [2.45, 2.75) is 33.2 Å². The highest BCUT2D eigenvalue weighted by atomic mass is 35.5. The summed E-state index contributed by atoms with van der Waals surface area (Å²) in [5.41, 5.74) is 4.07. The zero-order valence-electron chi connectivity index (χ0n) is 13.8. The molecule has 0 aliphatic rings. The van der Waals surface area contributed by atoms with E-state index >= 15 is 0 Å². The highest BCUT2D eigenvalue weighted by Gasteiger charge is 2.14. The number of aryl methyl sites for hydroxylation is 2. The van der Waals surface area contributed by atoms with E-state index in [9.17, 15) is 4.79 Å². The number of aromatic nitrogens is 2.